The van der Waals surface area contributed by atoms with Gasteiger partial charge in [-0.05, 0) is 20.3 Å². The lowest BCUT2D eigenvalue weighted by Gasteiger charge is -2.18. The van der Waals surface area contributed by atoms with E-state index in [1.54, 1.807) is 10.9 Å². The van der Waals surface area contributed by atoms with Gasteiger partial charge in [0.1, 0.15) is 0 Å². The number of nitrogens with one attached hydrogen (secondary N) is 1. The van der Waals surface area contributed by atoms with Gasteiger partial charge < -0.3 is 10.4 Å². The van der Waals surface area contributed by atoms with E-state index >= 15 is 0 Å². The number of rotatable bonds is 6. The molecule has 2 heterocycles. The van der Waals surface area contributed by atoms with Crippen molar-refractivity contribution < 1.29 is 5.11 Å². The van der Waals surface area contributed by atoms with Crippen LogP contribution in [0.1, 0.15) is 36.3 Å². The lowest BCUT2D eigenvalue weighted by molar-refractivity contribution is 0.269. The first-order valence-corrected chi connectivity index (χ1v) is 6.96. The molecule has 20 heavy (non-hydrogen) atoms. The Morgan fingerprint density at radius 3 is 2.70 bits per heavy atom. The zero-order valence-electron chi connectivity index (χ0n) is 12.6. The molecule has 110 valence electrons. The molecule has 2 rings (SSSR count). The van der Waals surface area contributed by atoms with E-state index < -0.39 is 0 Å². The van der Waals surface area contributed by atoms with Gasteiger partial charge in [-0.15, -0.1) is 0 Å². The van der Waals surface area contributed by atoms with Crippen LogP contribution in [-0.4, -0.2) is 31.3 Å². The Labute approximate surface area is 119 Å². The van der Waals surface area contributed by atoms with E-state index in [0.717, 1.165) is 17.8 Å². The highest BCUT2D eigenvalue weighted by molar-refractivity contribution is 5.43. The molecule has 1 atom stereocenters. The standard InChI is InChI=1S/C14H23N5O/c1-5-13(14-10(2)17-18(4)11(14)3)16-12-8-15-19(9-12)6-7-20/h8-9,13,16,20H,5-7H2,1-4H3. The van der Waals surface area contributed by atoms with Crippen molar-refractivity contribution in [2.45, 2.75) is 39.8 Å². The number of nitrogens with zero attached hydrogens (tertiary/aromatic N) is 4. The molecule has 0 amide bonds. The fourth-order valence-electron chi connectivity index (χ4n) is 2.54. The molecule has 0 fully saturated rings. The maximum Gasteiger partial charge on any atom is 0.0731 e. The summed E-state index contributed by atoms with van der Waals surface area (Å²) in [6, 6.07) is 0.218. The van der Waals surface area contributed by atoms with Crippen LogP contribution in [0.3, 0.4) is 0 Å². The average molecular weight is 277 g/mol. The second kappa shape index (κ2) is 6.09. The third-order valence-electron chi connectivity index (χ3n) is 3.62. The molecule has 0 aliphatic carbocycles. The van der Waals surface area contributed by atoms with Crippen molar-refractivity contribution in [1.82, 2.24) is 19.6 Å². The molecule has 0 bridgehead atoms. The topological polar surface area (TPSA) is 67.9 Å². The molecule has 0 spiro atoms. The Morgan fingerprint density at radius 1 is 1.40 bits per heavy atom. The smallest absolute Gasteiger partial charge is 0.0731 e. The van der Waals surface area contributed by atoms with Gasteiger partial charge in [0.15, 0.2) is 0 Å². The van der Waals surface area contributed by atoms with Crippen molar-refractivity contribution >= 4 is 5.69 Å². The number of aliphatic hydroxyl groups excluding tert-OH is 1. The van der Waals surface area contributed by atoms with Gasteiger partial charge in [-0.1, -0.05) is 6.92 Å². The largest absolute Gasteiger partial charge is 0.394 e. The van der Waals surface area contributed by atoms with Crippen LogP contribution in [0, 0.1) is 13.8 Å². The third-order valence-corrected chi connectivity index (χ3v) is 3.62. The zero-order chi connectivity index (χ0) is 14.7. The minimum atomic E-state index is 0.0964. The number of aryl methyl sites for hydroxylation is 2. The summed E-state index contributed by atoms with van der Waals surface area (Å²) in [4.78, 5) is 0. The second-order valence-corrected chi connectivity index (χ2v) is 5.03. The number of aliphatic hydroxyl groups is 1. The monoisotopic (exact) mass is 277 g/mol. The Kier molecular flexibility index (Phi) is 4.44. The lowest BCUT2D eigenvalue weighted by atomic mass is 10.0. The summed E-state index contributed by atoms with van der Waals surface area (Å²) < 4.78 is 3.65. The number of aromatic nitrogens is 4. The average Bonchev–Trinajstić information content (AvgIpc) is 2.94. The fraction of sp³-hybridized carbons (Fsp3) is 0.571. The van der Waals surface area contributed by atoms with E-state index in [1.165, 1.54) is 11.3 Å². The van der Waals surface area contributed by atoms with Gasteiger partial charge in [0.25, 0.3) is 0 Å². The molecule has 6 heteroatoms. The minimum absolute atomic E-state index is 0.0964. The Morgan fingerprint density at radius 2 is 2.15 bits per heavy atom. The summed E-state index contributed by atoms with van der Waals surface area (Å²) >= 11 is 0. The molecule has 0 aromatic carbocycles. The van der Waals surface area contributed by atoms with E-state index in [1.807, 2.05) is 24.9 Å². The molecule has 1 unspecified atom stereocenters. The lowest BCUT2D eigenvalue weighted by Crippen LogP contribution is -2.11. The van der Waals surface area contributed by atoms with E-state index in [-0.39, 0.29) is 12.6 Å². The van der Waals surface area contributed by atoms with Gasteiger partial charge in [0.05, 0.1) is 36.8 Å². The second-order valence-electron chi connectivity index (χ2n) is 5.03. The third kappa shape index (κ3) is 2.85. The van der Waals surface area contributed by atoms with Gasteiger partial charge in [-0.2, -0.15) is 10.2 Å². The summed E-state index contributed by atoms with van der Waals surface area (Å²) in [5.74, 6) is 0. The molecule has 0 aliphatic rings. The molecule has 0 saturated heterocycles. The van der Waals surface area contributed by atoms with Crippen molar-refractivity contribution in [2.75, 3.05) is 11.9 Å². The Balaban J connectivity index is 2.19. The van der Waals surface area contributed by atoms with Gasteiger partial charge in [-0.25, -0.2) is 0 Å². The van der Waals surface area contributed by atoms with Crippen molar-refractivity contribution in [1.29, 1.82) is 0 Å². The first-order valence-electron chi connectivity index (χ1n) is 6.96. The first kappa shape index (κ1) is 14.6. The fourth-order valence-corrected chi connectivity index (χ4v) is 2.54. The van der Waals surface area contributed by atoms with Crippen LogP contribution in [0.4, 0.5) is 5.69 Å². The van der Waals surface area contributed by atoms with Crippen LogP contribution < -0.4 is 5.32 Å². The van der Waals surface area contributed by atoms with Crippen molar-refractivity contribution in [3.05, 3.63) is 29.3 Å². The maximum atomic E-state index is 8.92. The van der Waals surface area contributed by atoms with E-state index in [2.05, 4.69) is 29.4 Å². The van der Waals surface area contributed by atoms with E-state index in [4.69, 9.17) is 5.11 Å². The van der Waals surface area contributed by atoms with Crippen LogP contribution in [0.25, 0.3) is 0 Å². The maximum absolute atomic E-state index is 8.92. The van der Waals surface area contributed by atoms with Crippen LogP contribution in [-0.2, 0) is 13.6 Å². The summed E-state index contributed by atoms with van der Waals surface area (Å²) in [5.41, 5.74) is 4.47. The SMILES string of the molecule is CCC(Nc1cnn(CCO)c1)c1c(C)nn(C)c1C. The number of hydrogen-bond donors (Lipinski definition) is 2. The molecule has 0 saturated carbocycles. The molecule has 2 aromatic heterocycles. The van der Waals surface area contributed by atoms with Gasteiger partial charge in [0.2, 0.25) is 0 Å². The summed E-state index contributed by atoms with van der Waals surface area (Å²) in [6.45, 7) is 6.90. The zero-order valence-corrected chi connectivity index (χ0v) is 12.6. The first-order chi connectivity index (χ1) is 9.56. The van der Waals surface area contributed by atoms with Crippen molar-refractivity contribution in [3.63, 3.8) is 0 Å². The molecule has 6 nitrogen and oxygen atoms in total. The van der Waals surface area contributed by atoms with Crippen molar-refractivity contribution in [2.24, 2.45) is 7.05 Å². The predicted molar refractivity (Wildman–Crippen MR) is 78.6 cm³/mol. The highest BCUT2D eigenvalue weighted by Crippen LogP contribution is 2.27. The number of anilines is 1. The van der Waals surface area contributed by atoms with Crippen molar-refractivity contribution in [3.8, 4) is 0 Å². The van der Waals surface area contributed by atoms with Crippen LogP contribution in [0.15, 0.2) is 12.4 Å². The molecule has 0 aliphatic heterocycles. The van der Waals surface area contributed by atoms with Crippen LogP contribution >= 0.6 is 0 Å². The normalized spacial score (nSPS) is 12.7. The highest BCUT2D eigenvalue weighted by Gasteiger charge is 2.19. The minimum Gasteiger partial charge on any atom is -0.394 e. The Hall–Kier alpha value is -1.82. The molecule has 2 N–H and O–H groups in total. The van der Waals surface area contributed by atoms with Crippen LogP contribution in [0.5, 0.6) is 0 Å². The Bertz CT molecular complexity index is 572. The summed E-state index contributed by atoms with van der Waals surface area (Å²) in [7, 11) is 1.97. The van der Waals surface area contributed by atoms with Gasteiger partial charge in [0, 0.05) is 24.5 Å². The number of hydrogen-bond acceptors (Lipinski definition) is 4. The van der Waals surface area contributed by atoms with E-state index in [9.17, 15) is 0 Å². The van der Waals surface area contributed by atoms with Gasteiger partial charge in [-0.3, -0.25) is 9.36 Å². The molecule has 2 aromatic rings. The predicted octanol–water partition coefficient (Wildman–Crippen LogP) is 1.79. The summed E-state index contributed by atoms with van der Waals surface area (Å²) in [5, 5.41) is 21.1. The molecule has 0 radical (unpaired) electrons. The van der Waals surface area contributed by atoms with Gasteiger partial charge >= 0.3 is 0 Å². The summed E-state index contributed by atoms with van der Waals surface area (Å²) in [6.07, 6.45) is 4.68. The van der Waals surface area contributed by atoms with E-state index in [0.29, 0.717) is 6.54 Å². The molecular formula is C14H23N5O. The van der Waals surface area contributed by atoms with Crippen LogP contribution in [0.2, 0.25) is 0 Å². The quantitative estimate of drug-likeness (QED) is 0.844. The highest BCUT2D eigenvalue weighted by atomic mass is 16.3. The molecular weight excluding hydrogens is 254 g/mol.